The number of aliphatic carboxylic acids is 1. The number of hydrazine groups is 1. The predicted molar refractivity (Wildman–Crippen MR) is 105 cm³/mol. The van der Waals surface area contributed by atoms with Crippen LogP contribution in [-0.2, 0) is 25.4 Å². The van der Waals surface area contributed by atoms with Crippen molar-refractivity contribution in [1.29, 1.82) is 0 Å². The molecule has 15 heteroatoms. The van der Waals surface area contributed by atoms with Crippen LogP contribution in [0, 0.1) is 0 Å². The largest absolute Gasteiger partial charge is 0.504 e. The molecule has 1 aliphatic rings. The monoisotopic (exact) mass is 475 g/mol. The normalized spacial score (nSPS) is 19.2. The number of carbonyl (C=O) groups is 4. The second-order valence-electron chi connectivity index (χ2n) is 7.18. The minimum absolute atomic E-state index is 0.0632. The van der Waals surface area contributed by atoms with Crippen molar-refractivity contribution in [3.8, 4) is 17.2 Å². The fourth-order valence-electron chi connectivity index (χ4n) is 3.05. The highest BCUT2D eigenvalue weighted by molar-refractivity contribution is 7.80. The van der Waals surface area contributed by atoms with E-state index in [-0.39, 0.29) is 12.0 Å². The summed E-state index contributed by atoms with van der Waals surface area (Å²) in [5.74, 6) is -5.60. The molecule has 1 unspecified atom stereocenters. The minimum atomic E-state index is -2.85. The molecule has 3 amide bonds. The molecule has 1 saturated heterocycles. The number of aromatic hydroxyl groups is 3. The topological polar surface area (TPSA) is 223 Å². The van der Waals surface area contributed by atoms with Gasteiger partial charge in [-0.05, 0) is 26.0 Å². The van der Waals surface area contributed by atoms with E-state index in [9.17, 15) is 48.4 Å². The number of carboxylic acids is 1. The van der Waals surface area contributed by atoms with Gasteiger partial charge in [-0.15, -0.1) is 0 Å². The fraction of sp³-hybridized carbons (Fsp3) is 0.412. The maximum Gasteiger partial charge on any atom is 0.426 e. The molecule has 1 fully saturated rings. The lowest BCUT2D eigenvalue weighted by molar-refractivity contribution is -0.163. The Bertz CT molecular complexity index is 961. The molecule has 1 aromatic rings. The van der Waals surface area contributed by atoms with Crippen LogP contribution in [0.2, 0.25) is 0 Å². The summed E-state index contributed by atoms with van der Waals surface area (Å²) >= 11 is -2.85. The van der Waals surface area contributed by atoms with Crippen LogP contribution in [-0.4, -0.2) is 81.4 Å². The zero-order valence-corrected chi connectivity index (χ0v) is 17.6. The molecule has 0 bridgehead atoms. The number of hydrogen-bond donors (Lipinski definition) is 7. The molecule has 14 nitrogen and oxygen atoms in total. The van der Waals surface area contributed by atoms with Gasteiger partial charge in [0.15, 0.2) is 34.4 Å². The first-order valence-electron chi connectivity index (χ1n) is 8.92. The lowest BCUT2D eigenvalue weighted by atomic mass is 9.92. The number of hydrogen-bond acceptors (Lipinski definition) is 9. The van der Waals surface area contributed by atoms with Gasteiger partial charge in [-0.2, -0.15) is 0 Å². The van der Waals surface area contributed by atoms with Crippen LogP contribution in [0.4, 0.5) is 4.79 Å². The zero-order chi connectivity index (χ0) is 24.4. The van der Waals surface area contributed by atoms with Crippen molar-refractivity contribution in [2.75, 3.05) is 6.61 Å². The molecule has 0 aliphatic carbocycles. The maximum atomic E-state index is 12.0. The molecule has 1 aromatic carbocycles. The highest BCUT2D eigenvalue weighted by Crippen LogP contribution is 2.35. The molecule has 32 heavy (non-hydrogen) atoms. The summed E-state index contributed by atoms with van der Waals surface area (Å²) in [6, 6.07) is -0.675. The van der Waals surface area contributed by atoms with Gasteiger partial charge in [-0.3, -0.25) is 15.0 Å². The number of ether oxygens (including phenoxy) is 1. The average Bonchev–Trinajstić information content (AvgIpc) is 2.71. The van der Waals surface area contributed by atoms with Gasteiger partial charge in [0.1, 0.15) is 11.4 Å². The lowest BCUT2D eigenvalue weighted by Gasteiger charge is -2.47. The van der Waals surface area contributed by atoms with Crippen molar-refractivity contribution in [3.63, 3.8) is 0 Å². The van der Waals surface area contributed by atoms with Gasteiger partial charge in [0.05, 0.1) is 0 Å². The Hall–Kier alpha value is -3.59. The first-order valence-corrected chi connectivity index (χ1v) is 10.0. The Balaban J connectivity index is 2.05. The van der Waals surface area contributed by atoms with E-state index in [1.165, 1.54) is 0 Å². The minimum Gasteiger partial charge on any atom is -0.504 e. The summed E-state index contributed by atoms with van der Waals surface area (Å²) in [6.45, 7) is 1.69. The van der Waals surface area contributed by atoms with Gasteiger partial charge >= 0.3 is 12.1 Å². The van der Waals surface area contributed by atoms with Gasteiger partial charge in [0.25, 0.3) is 5.91 Å². The molecule has 0 aromatic heterocycles. The van der Waals surface area contributed by atoms with Crippen LogP contribution in [0.15, 0.2) is 12.1 Å². The first kappa shape index (κ1) is 24.7. The van der Waals surface area contributed by atoms with Crippen LogP contribution >= 0.6 is 0 Å². The van der Waals surface area contributed by atoms with Crippen molar-refractivity contribution in [1.82, 2.24) is 15.8 Å². The van der Waals surface area contributed by atoms with E-state index in [4.69, 9.17) is 4.74 Å². The second-order valence-corrected chi connectivity index (χ2v) is 8.61. The molecular formula is C17H21N3O11S. The molecule has 1 heterocycles. The van der Waals surface area contributed by atoms with E-state index in [1.807, 2.05) is 5.43 Å². The average molecular weight is 475 g/mol. The third kappa shape index (κ3) is 4.83. The number of phenols is 3. The molecule has 0 spiro atoms. The Morgan fingerprint density at radius 2 is 1.81 bits per heavy atom. The van der Waals surface area contributed by atoms with Crippen molar-refractivity contribution in [2.45, 2.75) is 37.1 Å². The number of carboxylic acid groups (broad SMARTS) is 1. The SMILES string of the molecule is C[C@@H]1CC(=O)N1[C@@H](C(=O)O)[C@](C)(COC(=O)NNC(=O)c1cc(O)c(O)c(O)c1)S(=O)O. The van der Waals surface area contributed by atoms with Crippen molar-refractivity contribution in [3.05, 3.63) is 17.7 Å². The van der Waals surface area contributed by atoms with Gasteiger partial charge in [-0.25, -0.2) is 19.2 Å². The van der Waals surface area contributed by atoms with Crippen LogP contribution in [0.3, 0.4) is 0 Å². The number of rotatable bonds is 7. The van der Waals surface area contributed by atoms with E-state index in [0.717, 1.165) is 24.0 Å². The van der Waals surface area contributed by atoms with Crippen molar-refractivity contribution < 1.29 is 53.1 Å². The van der Waals surface area contributed by atoms with Gasteiger partial charge in [-0.1, -0.05) is 0 Å². The number of benzene rings is 1. The number of likely N-dealkylation sites (tertiary alicyclic amines) is 1. The molecule has 0 radical (unpaired) electrons. The number of β-lactam (4-membered cyclic amide) rings is 1. The Kier molecular flexibility index (Phi) is 7.15. The maximum absolute atomic E-state index is 12.0. The van der Waals surface area contributed by atoms with E-state index in [2.05, 4.69) is 0 Å². The van der Waals surface area contributed by atoms with Crippen LogP contribution in [0.5, 0.6) is 17.2 Å². The van der Waals surface area contributed by atoms with Crippen molar-refractivity contribution in [2.24, 2.45) is 0 Å². The smallest absolute Gasteiger partial charge is 0.426 e. The fourth-order valence-corrected chi connectivity index (χ4v) is 3.61. The van der Waals surface area contributed by atoms with E-state index in [0.29, 0.717) is 0 Å². The van der Waals surface area contributed by atoms with Crippen molar-refractivity contribution >= 4 is 35.0 Å². The standard InChI is InChI=1S/C17H21N3O11S/c1-7-3-11(23)20(7)13(15(26)27)17(2,32(29)30)6-31-16(28)19-18-14(25)8-4-9(21)12(24)10(22)5-8/h4-5,7,13,21-22,24H,3,6H2,1-2H3,(H,18,25)(H,19,28)(H,26,27)(H,29,30)/t7-,13+,17+/m1/s1. The van der Waals surface area contributed by atoms with E-state index >= 15 is 0 Å². The Morgan fingerprint density at radius 1 is 1.25 bits per heavy atom. The Morgan fingerprint density at radius 3 is 2.25 bits per heavy atom. The molecule has 1 aliphatic heterocycles. The highest BCUT2D eigenvalue weighted by atomic mass is 32.2. The number of nitrogens with one attached hydrogen (secondary N) is 2. The summed E-state index contributed by atoms with van der Waals surface area (Å²) in [5, 5.41) is 37.6. The van der Waals surface area contributed by atoms with E-state index in [1.54, 1.807) is 12.3 Å². The van der Waals surface area contributed by atoms with Crippen LogP contribution < -0.4 is 10.9 Å². The first-order chi connectivity index (χ1) is 14.8. The highest BCUT2D eigenvalue weighted by Gasteiger charge is 2.54. The van der Waals surface area contributed by atoms with E-state index < -0.39 is 75.6 Å². The summed E-state index contributed by atoms with van der Waals surface area (Å²) in [4.78, 5) is 48.4. The second kappa shape index (κ2) is 9.27. The zero-order valence-electron chi connectivity index (χ0n) is 16.8. The number of nitrogens with zero attached hydrogens (tertiary/aromatic N) is 1. The quantitative estimate of drug-likeness (QED) is 0.112. The van der Waals surface area contributed by atoms with Crippen LogP contribution in [0.1, 0.15) is 30.6 Å². The summed E-state index contributed by atoms with van der Waals surface area (Å²) in [7, 11) is 0. The predicted octanol–water partition coefficient (Wildman–Crippen LogP) is -0.771. The van der Waals surface area contributed by atoms with Crippen LogP contribution in [0.25, 0.3) is 0 Å². The molecule has 0 saturated carbocycles. The van der Waals surface area contributed by atoms with Gasteiger partial charge < -0.3 is 34.6 Å². The number of amides is 3. The molecule has 2 rings (SSSR count). The number of carbonyl (C=O) groups excluding carboxylic acids is 3. The summed E-state index contributed by atoms with van der Waals surface area (Å²) < 4.78 is 24.3. The third-order valence-corrected chi connectivity index (χ3v) is 5.96. The third-order valence-electron chi connectivity index (χ3n) is 4.82. The molecule has 176 valence electrons. The number of phenolic OH excluding ortho intramolecular Hbond substituents is 3. The van der Waals surface area contributed by atoms with Gasteiger partial charge in [0, 0.05) is 18.0 Å². The lowest BCUT2D eigenvalue weighted by Crippen LogP contribution is -2.68. The Labute approximate surface area is 183 Å². The molecule has 7 N–H and O–H groups in total. The summed E-state index contributed by atoms with van der Waals surface area (Å²) in [5.41, 5.74) is 3.31. The van der Waals surface area contributed by atoms with Gasteiger partial charge in [0.2, 0.25) is 5.91 Å². The molecular weight excluding hydrogens is 454 g/mol. The summed E-state index contributed by atoms with van der Waals surface area (Å²) in [6.07, 6.45) is -1.28. The molecule has 4 atom stereocenters.